The molecule has 4 rings (SSSR count). The molecule has 5 heteroatoms. The number of hydrogen-bond donors (Lipinski definition) is 0. The second-order valence-electron chi connectivity index (χ2n) is 9.09. The van der Waals surface area contributed by atoms with Crippen molar-refractivity contribution in [3.63, 3.8) is 0 Å². The number of nitrogens with zero attached hydrogens (tertiary/aromatic N) is 1. The molecule has 1 saturated carbocycles. The summed E-state index contributed by atoms with van der Waals surface area (Å²) < 4.78 is 0. The number of carbonyl (C=O) groups excluding carboxylic acids is 2. The van der Waals surface area contributed by atoms with Crippen molar-refractivity contribution >= 4 is 35.2 Å². The van der Waals surface area contributed by atoms with Crippen LogP contribution in [0.2, 0.25) is 0 Å². The highest BCUT2D eigenvalue weighted by Crippen LogP contribution is 2.57. The van der Waals surface area contributed by atoms with Crippen molar-refractivity contribution in [1.29, 1.82) is 0 Å². The van der Waals surface area contributed by atoms with E-state index >= 15 is 0 Å². The minimum atomic E-state index is -0.208. The smallest absolute Gasteiger partial charge is 0.232 e. The van der Waals surface area contributed by atoms with Crippen LogP contribution in [0.5, 0.6) is 0 Å². The average molecular weight is 458 g/mol. The molecule has 3 nitrogen and oxygen atoms in total. The van der Waals surface area contributed by atoms with Gasteiger partial charge in [-0.05, 0) is 49.0 Å². The Balaban J connectivity index is 1.60. The van der Waals surface area contributed by atoms with Crippen molar-refractivity contribution < 1.29 is 9.59 Å². The molecule has 6 atom stereocenters. The van der Waals surface area contributed by atoms with Crippen molar-refractivity contribution in [2.24, 2.45) is 17.8 Å². The van der Waals surface area contributed by atoms with Gasteiger partial charge in [-0.25, -0.2) is 0 Å². The fourth-order valence-electron chi connectivity index (χ4n) is 5.73. The minimum absolute atomic E-state index is 0.140. The van der Waals surface area contributed by atoms with Gasteiger partial charge in [0.25, 0.3) is 0 Å². The number of ketones is 1. The lowest BCUT2D eigenvalue weighted by atomic mass is 9.68. The molecule has 1 amide bonds. The second kappa shape index (κ2) is 10.2. The Morgan fingerprint density at radius 3 is 2.55 bits per heavy atom. The fourth-order valence-corrected chi connectivity index (χ4v) is 8.97. The first-order chi connectivity index (χ1) is 15.1. The SMILES string of the molecule is CC[C@@H]1CC[C@H]2[C@H]3C(=O)[C@H](c4ccccc4)C(SCC(=O)N(CC)CC)=C[C@H]3S[C@H]2C1. The van der Waals surface area contributed by atoms with Crippen molar-refractivity contribution in [3.8, 4) is 0 Å². The van der Waals surface area contributed by atoms with Crippen LogP contribution in [-0.4, -0.2) is 45.9 Å². The van der Waals surface area contributed by atoms with Crippen LogP contribution in [0.25, 0.3) is 0 Å². The number of hydrogen-bond acceptors (Lipinski definition) is 4. The highest BCUT2D eigenvalue weighted by molar-refractivity contribution is 8.04. The molecule has 0 spiro atoms. The number of Topliss-reactive ketones (excluding diaryl/α,β-unsaturated/α-hetero) is 1. The van der Waals surface area contributed by atoms with Crippen LogP contribution in [0.15, 0.2) is 41.3 Å². The Kier molecular flexibility index (Phi) is 7.53. The van der Waals surface area contributed by atoms with Gasteiger partial charge in [-0.2, -0.15) is 0 Å². The summed E-state index contributed by atoms with van der Waals surface area (Å²) in [5.74, 6) is 2.25. The predicted molar refractivity (Wildman–Crippen MR) is 132 cm³/mol. The van der Waals surface area contributed by atoms with Crippen molar-refractivity contribution in [2.45, 2.75) is 62.9 Å². The first kappa shape index (κ1) is 23.0. The number of benzene rings is 1. The van der Waals surface area contributed by atoms with Crippen molar-refractivity contribution in [1.82, 2.24) is 4.90 Å². The van der Waals surface area contributed by atoms with Gasteiger partial charge in [0, 0.05) is 29.5 Å². The zero-order valence-electron chi connectivity index (χ0n) is 19.0. The van der Waals surface area contributed by atoms with Crippen LogP contribution in [0.3, 0.4) is 0 Å². The van der Waals surface area contributed by atoms with Crippen molar-refractivity contribution in [3.05, 3.63) is 46.9 Å². The zero-order valence-corrected chi connectivity index (χ0v) is 20.6. The van der Waals surface area contributed by atoms with Gasteiger partial charge in [0.05, 0.1) is 11.7 Å². The third-order valence-corrected chi connectivity index (χ3v) is 10.2. The molecule has 0 unspecified atom stereocenters. The topological polar surface area (TPSA) is 37.4 Å². The largest absolute Gasteiger partial charge is 0.343 e. The monoisotopic (exact) mass is 457 g/mol. The number of rotatable bonds is 7. The molecule has 0 aromatic heterocycles. The highest BCUT2D eigenvalue weighted by Gasteiger charge is 2.52. The minimum Gasteiger partial charge on any atom is -0.343 e. The third kappa shape index (κ3) is 4.64. The van der Waals surface area contributed by atoms with Gasteiger partial charge in [-0.1, -0.05) is 56.2 Å². The van der Waals surface area contributed by atoms with Crippen LogP contribution >= 0.6 is 23.5 Å². The summed E-state index contributed by atoms with van der Waals surface area (Å²) in [6.45, 7) is 7.81. The summed E-state index contributed by atoms with van der Waals surface area (Å²) >= 11 is 3.64. The van der Waals surface area contributed by atoms with Gasteiger partial charge in [-0.15, -0.1) is 23.5 Å². The van der Waals surface area contributed by atoms with Crippen LogP contribution in [0, 0.1) is 17.8 Å². The van der Waals surface area contributed by atoms with E-state index in [4.69, 9.17) is 0 Å². The van der Waals surface area contributed by atoms with Gasteiger partial charge in [0.1, 0.15) is 5.78 Å². The Bertz CT molecular complexity index is 820. The molecule has 3 aliphatic rings. The summed E-state index contributed by atoms with van der Waals surface area (Å²) in [5.41, 5.74) is 1.08. The van der Waals surface area contributed by atoms with Gasteiger partial charge in [-0.3, -0.25) is 9.59 Å². The third-order valence-electron chi connectivity index (χ3n) is 7.51. The summed E-state index contributed by atoms with van der Waals surface area (Å²) in [5, 5.41) is 0.899. The van der Waals surface area contributed by atoms with E-state index in [0.717, 1.165) is 29.5 Å². The van der Waals surface area contributed by atoms with E-state index in [2.05, 4.69) is 25.1 Å². The summed E-state index contributed by atoms with van der Waals surface area (Å²) in [7, 11) is 0. The summed E-state index contributed by atoms with van der Waals surface area (Å²) in [6, 6.07) is 10.2. The molecule has 1 aromatic rings. The number of fused-ring (bicyclic) bond motifs is 3. The van der Waals surface area contributed by atoms with E-state index in [1.165, 1.54) is 25.7 Å². The average Bonchev–Trinajstić information content (AvgIpc) is 3.16. The Hall–Kier alpha value is -1.20. The van der Waals surface area contributed by atoms with E-state index in [-0.39, 0.29) is 23.0 Å². The summed E-state index contributed by atoms with van der Waals surface area (Å²) in [6.07, 6.45) is 7.35. The van der Waals surface area contributed by atoms with Crippen LogP contribution in [0.4, 0.5) is 0 Å². The Labute approximate surface area is 195 Å². The number of allylic oxidation sites excluding steroid dienone is 1. The molecule has 0 radical (unpaired) electrons. The number of carbonyl (C=O) groups is 2. The number of thioether (sulfide) groups is 2. The molecule has 0 bridgehead atoms. The van der Waals surface area contributed by atoms with E-state index in [9.17, 15) is 9.59 Å². The highest BCUT2D eigenvalue weighted by atomic mass is 32.2. The zero-order chi connectivity index (χ0) is 22.0. The molecular weight excluding hydrogens is 422 g/mol. The lowest BCUT2D eigenvalue weighted by molar-refractivity contribution is -0.128. The first-order valence-corrected chi connectivity index (χ1v) is 13.9. The second-order valence-corrected chi connectivity index (χ2v) is 11.6. The lowest BCUT2D eigenvalue weighted by Gasteiger charge is -2.36. The Morgan fingerprint density at radius 2 is 1.87 bits per heavy atom. The maximum Gasteiger partial charge on any atom is 0.232 e. The van der Waals surface area contributed by atoms with Gasteiger partial charge in [0.15, 0.2) is 0 Å². The molecule has 0 N–H and O–H groups in total. The molecule has 1 aliphatic heterocycles. The molecule has 1 saturated heterocycles. The molecular formula is C26H35NO2S2. The van der Waals surface area contributed by atoms with Gasteiger partial charge in [0.2, 0.25) is 5.91 Å². The normalized spacial score (nSPS) is 32.2. The first-order valence-electron chi connectivity index (χ1n) is 11.9. The number of amides is 1. The van der Waals surface area contributed by atoms with Crippen LogP contribution in [0.1, 0.15) is 57.9 Å². The standard InChI is InChI=1S/C26H35NO2S2/c1-4-17-12-13-19-20(14-17)31-22-15-21(30-16-23(28)27(5-2)6-3)24(26(29)25(19)22)18-10-8-7-9-11-18/h7-11,15,17,19-20,22,24-25H,4-6,12-14,16H2,1-3H3/t17-,19-,20+,22-,24-,25-/m1/s1. The molecule has 1 heterocycles. The molecule has 1 aromatic carbocycles. The van der Waals surface area contributed by atoms with E-state index < -0.39 is 0 Å². The molecule has 2 aliphatic carbocycles. The maximum atomic E-state index is 14.0. The predicted octanol–water partition coefficient (Wildman–Crippen LogP) is 5.76. The molecule has 2 fully saturated rings. The molecule has 168 valence electrons. The van der Waals surface area contributed by atoms with Crippen LogP contribution in [-0.2, 0) is 9.59 Å². The maximum absolute atomic E-state index is 14.0. The lowest BCUT2D eigenvalue weighted by Crippen LogP contribution is -2.38. The van der Waals surface area contributed by atoms with Gasteiger partial charge < -0.3 is 4.90 Å². The Morgan fingerprint density at radius 1 is 1.13 bits per heavy atom. The van der Waals surface area contributed by atoms with Crippen molar-refractivity contribution in [2.75, 3.05) is 18.8 Å². The van der Waals surface area contributed by atoms with E-state index in [0.29, 0.717) is 22.7 Å². The fraction of sp³-hybridized carbons (Fsp3) is 0.615. The quantitative estimate of drug-likeness (QED) is 0.521. The van der Waals surface area contributed by atoms with Crippen LogP contribution < -0.4 is 0 Å². The van der Waals surface area contributed by atoms with Gasteiger partial charge >= 0.3 is 0 Å². The molecule has 31 heavy (non-hydrogen) atoms. The van der Waals surface area contributed by atoms with E-state index in [1.54, 1.807) is 11.8 Å². The van der Waals surface area contributed by atoms with E-state index in [1.807, 2.05) is 48.7 Å². The summed E-state index contributed by atoms with van der Waals surface area (Å²) in [4.78, 5) is 29.6.